The Morgan fingerprint density at radius 2 is 1.92 bits per heavy atom. The Labute approximate surface area is 72.7 Å². The number of hydrogen-bond donors (Lipinski definition) is 1. The van der Waals surface area contributed by atoms with Gasteiger partial charge in [-0.05, 0) is 6.92 Å². The zero-order valence-electron chi connectivity index (χ0n) is 6.53. The summed E-state index contributed by atoms with van der Waals surface area (Å²) < 4.78 is 31.6. The minimum Gasteiger partial charge on any atom is -0.304 e. The summed E-state index contributed by atoms with van der Waals surface area (Å²) >= 11 is -2.43. The zero-order valence-corrected chi connectivity index (χ0v) is 7.34. The molecular formula is C8H9FO2S. The highest BCUT2D eigenvalue weighted by atomic mass is 32.2. The molecule has 0 saturated carbocycles. The minimum atomic E-state index is -2.43. The summed E-state index contributed by atoms with van der Waals surface area (Å²) in [6.45, 7) is 1.87. The van der Waals surface area contributed by atoms with Crippen molar-refractivity contribution in [1.29, 1.82) is 0 Å². The van der Waals surface area contributed by atoms with Crippen molar-refractivity contribution in [3.8, 4) is 0 Å². The number of rotatable bonds is 2. The van der Waals surface area contributed by atoms with Crippen molar-refractivity contribution in [3.63, 3.8) is 0 Å². The molecule has 2 unspecified atom stereocenters. The predicted octanol–water partition coefficient (Wildman–Crippen LogP) is 2.18. The van der Waals surface area contributed by atoms with Crippen LogP contribution in [-0.4, -0.2) is 8.76 Å². The molecule has 0 saturated heterocycles. The standard InChI is InChI=1S/C8H9FO2S/c1-6-2-4-7(5-3-6)8(9)12(10)11/h2-5,8H,1H3,(H,10,11). The van der Waals surface area contributed by atoms with E-state index in [2.05, 4.69) is 0 Å². The predicted molar refractivity (Wildman–Crippen MR) is 45.8 cm³/mol. The number of alkyl halides is 1. The van der Waals surface area contributed by atoms with E-state index in [1.807, 2.05) is 6.92 Å². The van der Waals surface area contributed by atoms with Gasteiger partial charge in [-0.3, -0.25) is 0 Å². The van der Waals surface area contributed by atoms with E-state index in [-0.39, 0.29) is 5.56 Å². The van der Waals surface area contributed by atoms with Crippen LogP contribution < -0.4 is 0 Å². The van der Waals surface area contributed by atoms with Crippen molar-refractivity contribution in [3.05, 3.63) is 35.4 Å². The van der Waals surface area contributed by atoms with Crippen LogP contribution in [0.2, 0.25) is 0 Å². The number of aryl methyl sites for hydroxylation is 1. The van der Waals surface area contributed by atoms with Crippen molar-refractivity contribution in [1.82, 2.24) is 0 Å². The summed E-state index contributed by atoms with van der Waals surface area (Å²) in [6, 6.07) is 6.42. The molecule has 66 valence electrons. The van der Waals surface area contributed by atoms with Gasteiger partial charge in [0.25, 0.3) is 0 Å². The first-order chi connectivity index (χ1) is 5.61. The molecule has 2 atom stereocenters. The van der Waals surface area contributed by atoms with Gasteiger partial charge in [0.1, 0.15) is 0 Å². The van der Waals surface area contributed by atoms with E-state index in [0.29, 0.717) is 0 Å². The Morgan fingerprint density at radius 3 is 2.33 bits per heavy atom. The molecule has 1 rings (SSSR count). The van der Waals surface area contributed by atoms with Crippen molar-refractivity contribution >= 4 is 11.1 Å². The van der Waals surface area contributed by atoms with Gasteiger partial charge in [-0.15, -0.1) is 0 Å². The monoisotopic (exact) mass is 188 g/mol. The third-order valence-electron chi connectivity index (χ3n) is 1.52. The number of halogens is 1. The second-order valence-electron chi connectivity index (χ2n) is 2.50. The molecule has 0 amide bonds. The number of benzene rings is 1. The van der Waals surface area contributed by atoms with Gasteiger partial charge in [0.05, 0.1) is 0 Å². The molecule has 1 aromatic rings. The smallest absolute Gasteiger partial charge is 0.225 e. The van der Waals surface area contributed by atoms with Crippen LogP contribution >= 0.6 is 0 Å². The van der Waals surface area contributed by atoms with Crippen LogP contribution in [0.25, 0.3) is 0 Å². The zero-order chi connectivity index (χ0) is 9.14. The normalized spacial score (nSPS) is 15.6. The molecule has 0 aromatic heterocycles. The molecule has 1 aromatic carbocycles. The Kier molecular flexibility index (Phi) is 2.94. The lowest BCUT2D eigenvalue weighted by Crippen LogP contribution is -1.98. The van der Waals surface area contributed by atoms with Crippen LogP contribution in [0.3, 0.4) is 0 Å². The summed E-state index contributed by atoms with van der Waals surface area (Å²) in [5, 5.41) is 0. The largest absolute Gasteiger partial charge is 0.304 e. The highest BCUT2D eigenvalue weighted by Gasteiger charge is 2.14. The van der Waals surface area contributed by atoms with E-state index >= 15 is 0 Å². The van der Waals surface area contributed by atoms with Crippen LogP contribution in [0.15, 0.2) is 24.3 Å². The lowest BCUT2D eigenvalue weighted by Gasteiger charge is -2.03. The lowest BCUT2D eigenvalue weighted by molar-refractivity contribution is 0.419. The highest BCUT2D eigenvalue weighted by molar-refractivity contribution is 7.79. The van der Waals surface area contributed by atoms with Gasteiger partial charge in [0, 0.05) is 5.56 Å². The van der Waals surface area contributed by atoms with Crippen LogP contribution in [0, 0.1) is 6.92 Å². The molecule has 0 radical (unpaired) electrons. The Hall–Kier alpha value is -0.740. The molecule has 0 aliphatic heterocycles. The van der Waals surface area contributed by atoms with Gasteiger partial charge in [-0.2, -0.15) is 0 Å². The van der Waals surface area contributed by atoms with Gasteiger partial charge in [0.15, 0.2) is 11.1 Å². The van der Waals surface area contributed by atoms with E-state index in [4.69, 9.17) is 4.55 Å². The van der Waals surface area contributed by atoms with Gasteiger partial charge in [-0.25, -0.2) is 8.60 Å². The number of hydrogen-bond acceptors (Lipinski definition) is 1. The first-order valence-electron chi connectivity index (χ1n) is 3.41. The second kappa shape index (κ2) is 3.78. The minimum absolute atomic E-state index is 0.237. The van der Waals surface area contributed by atoms with Crippen molar-refractivity contribution in [2.45, 2.75) is 12.4 Å². The molecule has 4 heteroatoms. The van der Waals surface area contributed by atoms with Gasteiger partial charge >= 0.3 is 0 Å². The van der Waals surface area contributed by atoms with E-state index in [9.17, 15) is 8.60 Å². The molecule has 0 bridgehead atoms. The van der Waals surface area contributed by atoms with Crippen LogP contribution in [0.4, 0.5) is 4.39 Å². The maximum absolute atomic E-state index is 12.8. The average Bonchev–Trinajstić information content (AvgIpc) is 2.04. The summed E-state index contributed by atoms with van der Waals surface area (Å²) in [7, 11) is 0. The van der Waals surface area contributed by atoms with E-state index in [1.165, 1.54) is 12.1 Å². The molecule has 0 aliphatic rings. The van der Waals surface area contributed by atoms with Crippen molar-refractivity contribution in [2.24, 2.45) is 0 Å². The fraction of sp³-hybridized carbons (Fsp3) is 0.250. The second-order valence-corrected chi connectivity index (χ2v) is 3.47. The molecular weight excluding hydrogens is 179 g/mol. The topological polar surface area (TPSA) is 37.3 Å². The average molecular weight is 188 g/mol. The van der Waals surface area contributed by atoms with Crippen molar-refractivity contribution in [2.75, 3.05) is 0 Å². The Balaban J connectivity index is 2.89. The third-order valence-corrected chi connectivity index (χ3v) is 2.14. The van der Waals surface area contributed by atoms with Gasteiger partial charge in [-0.1, -0.05) is 29.8 Å². The van der Waals surface area contributed by atoms with E-state index in [1.54, 1.807) is 12.1 Å². The van der Waals surface area contributed by atoms with Gasteiger partial charge < -0.3 is 4.55 Å². The maximum atomic E-state index is 12.8. The van der Waals surface area contributed by atoms with Crippen LogP contribution in [0.1, 0.15) is 16.6 Å². The first kappa shape index (κ1) is 9.35. The fourth-order valence-electron chi connectivity index (χ4n) is 0.834. The van der Waals surface area contributed by atoms with E-state index < -0.39 is 16.6 Å². The van der Waals surface area contributed by atoms with E-state index in [0.717, 1.165) is 5.56 Å². The molecule has 2 nitrogen and oxygen atoms in total. The fourth-order valence-corrected chi connectivity index (χ4v) is 1.22. The highest BCUT2D eigenvalue weighted by Crippen LogP contribution is 2.19. The maximum Gasteiger partial charge on any atom is 0.225 e. The first-order valence-corrected chi connectivity index (χ1v) is 4.58. The SMILES string of the molecule is Cc1ccc(C(F)S(=O)O)cc1. The summed E-state index contributed by atoms with van der Waals surface area (Å²) in [4.78, 5) is 0. The summed E-state index contributed by atoms with van der Waals surface area (Å²) in [5.41, 5.74) is -0.568. The summed E-state index contributed by atoms with van der Waals surface area (Å²) in [5.74, 6) is 0. The molecule has 0 spiro atoms. The molecule has 0 heterocycles. The third kappa shape index (κ3) is 2.12. The van der Waals surface area contributed by atoms with Crippen molar-refractivity contribution < 1.29 is 13.2 Å². The molecule has 12 heavy (non-hydrogen) atoms. The Bertz CT molecular complexity index is 284. The summed E-state index contributed by atoms with van der Waals surface area (Å²) in [6.07, 6.45) is 0. The molecule has 0 aliphatic carbocycles. The van der Waals surface area contributed by atoms with Gasteiger partial charge in [0.2, 0.25) is 5.50 Å². The van der Waals surface area contributed by atoms with Crippen LogP contribution in [-0.2, 0) is 11.1 Å². The lowest BCUT2D eigenvalue weighted by atomic mass is 10.2. The quantitative estimate of drug-likeness (QED) is 0.722. The Morgan fingerprint density at radius 1 is 1.42 bits per heavy atom. The molecule has 0 fully saturated rings. The molecule has 1 N–H and O–H groups in total. The van der Waals surface area contributed by atoms with Crippen LogP contribution in [0.5, 0.6) is 0 Å².